The number of ether oxygens (including phenoxy) is 1. The summed E-state index contributed by atoms with van der Waals surface area (Å²) in [4.78, 5) is 26.1. The van der Waals surface area contributed by atoms with Crippen LogP contribution in [0.4, 0.5) is 4.79 Å². The van der Waals surface area contributed by atoms with Crippen molar-refractivity contribution in [3.63, 3.8) is 0 Å². The van der Waals surface area contributed by atoms with E-state index in [0.717, 1.165) is 0 Å². The van der Waals surface area contributed by atoms with Crippen molar-refractivity contribution >= 4 is 17.7 Å². The van der Waals surface area contributed by atoms with Crippen LogP contribution in [0.25, 0.3) is 0 Å². The lowest BCUT2D eigenvalue weighted by atomic mass is 9.95. The molecule has 0 saturated heterocycles. The fraction of sp³-hybridized carbons (Fsp3) is 0.667. The van der Waals surface area contributed by atoms with Crippen LogP contribution >= 0.6 is 0 Å². The number of nitrogens with one attached hydrogen (secondary N) is 1. The van der Waals surface area contributed by atoms with Gasteiger partial charge in [-0.3, -0.25) is 4.79 Å². The highest BCUT2D eigenvalue weighted by Crippen LogP contribution is 2.13. The lowest BCUT2D eigenvalue weighted by Crippen LogP contribution is -2.48. The summed E-state index contributed by atoms with van der Waals surface area (Å²) in [5.41, 5.74) is 0.514. The smallest absolute Gasteiger partial charge is 0.341 e. The molecule has 1 rings (SSSR count). The summed E-state index contributed by atoms with van der Waals surface area (Å²) in [6.45, 7) is 5.51. The van der Waals surface area contributed by atoms with E-state index in [1.807, 2.05) is 0 Å². The first-order valence-corrected chi connectivity index (χ1v) is 4.58. The van der Waals surface area contributed by atoms with E-state index in [2.05, 4.69) is 10.3 Å². The number of carbonyl (C=O) groups excluding carboxylic acids is 2. The minimum atomic E-state index is -0.451. The number of nitrogens with zero attached hydrogens (tertiary/aromatic N) is 1. The van der Waals surface area contributed by atoms with Crippen LogP contribution in [0.5, 0.6) is 0 Å². The SMILES string of the molecule is CCOC(=O)C1C(C)=NC(=O)NC1C. The number of amides is 2. The first-order valence-electron chi connectivity index (χ1n) is 4.58. The third kappa shape index (κ3) is 2.10. The zero-order chi connectivity index (χ0) is 10.7. The second-order valence-corrected chi connectivity index (χ2v) is 3.22. The Morgan fingerprint density at radius 2 is 2.29 bits per heavy atom. The summed E-state index contributed by atoms with van der Waals surface area (Å²) >= 11 is 0. The molecule has 0 bridgehead atoms. The number of aliphatic imine (C=N–C) groups is 1. The van der Waals surface area contributed by atoms with Crippen LogP contribution in [-0.4, -0.2) is 30.4 Å². The first-order chi connectivity index (χ1) is 6.56. The van der Waals surface area contributed by atoms with Gasteiger partial charge < -0.3 is 10.1 Å². The van der Waals surface area contributed by atoms with Gasteiger partial charge in [-0.25, -0.2) is 9.79 Å². The van der Waals surface area contributed by atoms with Crippen LogP contribution in [-0.2, 0) is 9.53 Å². The zero-order valence-electron chi connectivity index (χ0n) is 8.53. The number of carbonyl (C=O) groups is 2. The van der Waals surface area contributed by atoms with Gasteiger partial charge in [0.2, 0.25) is 0 Å². The van der Waals surface area contributed by atoms with E-state index in [0.29, 0.717) is 12.3 Å². The molecule has 1 aliphatic rings. The van der Waals surface area contributed by atoms with Crippen LogP contribution in [0.3, 0.4) is 0 Å². The molecule has 5 heteroatoms. The molecule has 5 nitrogen and oxygen atoms in total. The monoisotopic (exact) mass is 198 g/mol. The number of urea groups is 1. The maximum absolute atomic E-state index is 11.5. The van der Waals surface area contributed by atoms with Gasteiger partial charge in [-0.2, -0.15) is 0 Å². The Labute approximate surface area is 82.5 Å². The van der Waals surface area contributed by atoms with E-state index in [1.54, 1.807) is 20.8 Å². The normalized spacial score (nSPS) is 26.5. The minimum absolute atomic E-state index is 0.251. The molecule has 1 N–H and O–H groups in total. The molecule has 0 aromatic heterocycles. The van der Waals surface area contributed by atoms with Gasteiger partial charge >= 0.3 is 12.0 Å². The third-order valence-electron chi connectivity index (χ3n) is 2.12. The van der Waals surface area contributed by atoms with Gasteiger partial charge in [-0.1, -0.05) is 0 Å². The van der Waals surface area contributed by atoms with Crippen molar-refractivity contribution in [3.8, 4) is 0 Å². The van der Waals surface area contributed by atoms with Crippen molar-refractivity contribution in [1.29, 1.82) is 0 Å². The molecule has 0 fully saturated rings. The molecule has 2 unspecified atom stereocenters. The van der Waals surface area contributed by atoms with Gasteiger partial charge in [-0.05, 0) is 20.8 Å². The molecule has 0 aliphatic carbocycles. The Balaban J connectivity index is 2.81. The maximum atomic E-state index is 11.5. The third-order valence-corrected chi connectivity index (χ3v) is 2.12. The molecule has 2 amide bonds. The summed E-state index contributed by atoms with van der Waals surface area (Å²) in [7, 11) is 0. The molecular formula is C9H14N2O3. The molecule has 2 atom stereocenters. The molecule has 0 aromatic carbocycles. The van der Waals surface area contributed by atoms with Gasteiger partial charge in [0, 0.05) is 11.8 Å². The minimum Gasteiger partial charge on any atom is -0.465 e. The Bertz CT molecular complexity index is 286. The van der Waals surface area contributed by atoms with Gasteiger partial charge in [0.05, 0.1) is 6.61 Å². The number of rotatable bonds is 2. The second kappa shape index (κ2) is 4.21. The van der Waals surface area contributed by atoms with Crippen LogP contribution in [0.1, 0.15) is 20.8 Å². The summed E-state index contributed by atoms with van der Waals surface area (Å²) in [6.07, 6.45) is 0. The highest BCUT2D eigenvalue weighted by atomic mass is 16.5. The van der Waals surface area contributed by atoms with Gasteiger partial charge in [0.1, 0.15) is 5.92 Å². The van der Waals surface area contributed by atoms with Crippen molar-refractivity contribution < 1.29 is 14.3 Å². The molecule has 0 aromatic rings. The number of hydrogen-bond acceptors (Lipinski definition) is 3. The van der Waals surface area contributed by atoms with Crippen molar-refractivity contribution in [2.75, 3.05) is 6.61 Å². The molecule has 1 heterocycles. The molecule has 0 saturated carbocycles. The topological polar surface area (TPSA) is 67.8 Å². The molecule has 1 aliphatic heterocycles. The first kappa shape index (κ1) is 10.7. The standard InChI is InChI=1S/C9H14N2O3/c1-4-14-8(12)7-5(2)10-9(13)11-6(7)3/h5,7H,4H2,1-3H3,(H,10,13). The highest BCUT2D eigenvalue weighted by molar-refractivity contribution is 6.07. The Kier molecular flexibility index (Phi) is 3.22. The lowest BCUT2D eigenvalue weighted by Gasteiger charge is -2.26. The fourth-order valence-electron chi connectivity index (χ4n) is 1.51. The van der Waals surface area contributed by atoms with Gasteiger partial charge in [-0.15, -0.1) is 0 Å². The summed E-state index contributed by atoms with van der Waals surface area (Å²) in [5, 5.41) is 2.57. The quantitative estimate of drug-likeness (QED) is 0.665. The van der Waals surface area contributed by atoms with Crippen LogP contribution in [0.15, 0.2) is 4.99 Å². The predicted molar refractivity (Wildman–Crippen MR) is 51.2 cm³/mol. The largest absolute Gasteiger partial charge is 0.465 e. The average Bonchev–Trinajstić information content (AvgIpc) is 2.01. The van der Waals surface area contributed by atoms with E-state index in [-0.39, 0.29) is 12.0 Å². The van der Waals surface area contributed by atoms with E-state index in [1.165, 1.54) is 0 Å². The number of esters is 1. The van der Waals surface area contributed by atoms with Gasteiger partial charge in [0.15, 0.2) is 0 Å². The average molecular weight is 198 g/mol. The summed E-state index contributed by atoms with van der Waals surface area (Å²) < 4.78 is 4.89. The number of hydrogen-bond donors (Lipinski definition) is 1. The fourth-order valence-corrected chi connectivity index (χ4v) is 1.51. The lowest BCUT2D eigenvalue weighted by molar-refractivity contribution is -0.146. The van der Waals surface area contributed by atoms with Crippen molar-refractivity contribution in [3.05, 3.63) is 0 Å². The van der Waals surface area contributed by atoms with Crippen LogP contribution in [0, 0.1) is 5.92 Å². The molecule has 14 heavy (non-hydrogen) atoms. The molecule has 78 valence electrons. The Hall–Kier alpha value is -1.39. The van der Waals surface area contributed by atoms with Gasteiger partial charge in [0.25, 0.3) is 0 Å². The van der Waals surface area contributed by atoms with E-state index in [4.69, 9.17) is 4.74 Å². The van der Waals surface area contributed by atoms with E-state index >= 15 is 0 Å². The second-order valence-electron chi connectivity index (χ2n) is 3.22. The van der Waals surface area contributed by atoms with Crippen molar-refractivity contribution in [1.82, 2.24) is 5.32 Å². The molecule has 0 spiro atoms. The Morgan fingerprint density at radius 1 is 1.64 bits per heavy atom. The maximum Gasteiger partial charge on any atom is 0.341 e. The Morgan fingerprint density at radius 3 is 2.79 bits per heavy atom. The van der Waals surface area contributed by atoms with Crippen LogP contribution < -0.4 is 5.32 Å². The highest BCUT2D eigenvalue weighted by Gasteiger charge is 2.33. The van der Waals surface area contributed by atoms with Crippen LogP contribution in [0.2, 0.25) is 0 Å². The van der Waals surface area contributed by atoms with Crippen molar-refractivity contribution in [2.24, 2.45) is 10.9 Å². The predicted octanol–water partition coefficient (Wildman–Crippen LogP) is 0.738. The molecule has 0 radical (unpaired) electrons. The van der Waals surface area contributed by atoms with E-state index < -0.39 is 11.9 Å². The van der Waals surface area contributed by atoms with Crippen molar-refractivity contribution in [2.45, 2.75) is 26.8 Å². The summed E-state index contributed by atoms with van der Waals surface area (Å²) in [5.74, 6) is -0.783. The molecular weight excluding hydrogens is 184 g/mol. The summed E-state index contributed by atoms with van der Waals surface area (Å²) in [6, 6.07) is -0.644. The zero-order valence-corrected chi connectivity index (χ0v) is 8.53. The van der Waals surface area contributed by atoms with E-state index in [9.17, 15) is 9.59 Å².